The zero-order valence-electron chi connectivity index (χ0n) is 16.6. The van der Waals surface area contributed by atoms with Crippen LogP contribution < -0.4 is 0 Å². The van der Waals surface area contributed by atoms with E-state index in [-0.39, 0.29) is 16.9 Å². The molecule has 7 unspecified atom stereocenters. The molecule has 1 N–H and O–H groups in total. The van der Waals surface area contributed by atoms with Gasteiger partial charge in [0.15, 0.2) is 0 Å². The zero-order chi connectivity index (χ0) is 18.5. The van der Waals surface area contributed by atoms with Crippen molar-refractivity contribution in [3.63, 3.8) is 0 Å². The highest BCUT2D eigenvalue weighted by Gasteiger charge is 2.61. The second kappa shape index (κ2) is 6.62. The average Bonchev–Trinajstić information content (AvgIpc) is 2.94. The van der Waals surface area contributed by atoms with Gasteiger partial charge >= 0.3 is 0 Å². The minimum absolute atomic E-state index is 0.0641. The van der Waals surface area contributed by atoms with E-state index in [2.05, 4.69) is 25.9 Å². The molecule has 144 valence electrons. The Morgan fingerprint density at radius 1 is 1.27 bits per heavy atom. The molecule has 3 nitrogen and oxygen atoms in total. The summed E-state index contributed by atoms with van der Waals surface area (Å²) in [7, 11) is 1.79. The highest BCUT2D eigenvalue weighted by atomic mass is 16.5. The molecular weight excluding hydrogens is 324 g/mol. The van der Waals surface area contributed by atoms with Crippen LogP contribution in [-0.2, 0) is 9.53 Å². The Bertz CT molecular complexity index is 646. The fourth-order valence-corrected chi connectivity index (χ4v) is 7.63. The largest absolute Gasteiger partial charge is 0.393 e. The van der Waals surface area contributed by atoms with E-state index in [9.17, 15) is 9.90 Å². The Morgan fingerprint density at radius 2 is 2.08 bits per heavy atom. The van der Waals surface area contributed by atoms with Crippen LogP contribution >= 0.6 is 0 Å². The normalized spacial score (nSPS) is 47.5. The van der Waals surface area contributed by atoms with Crippen LogP contribution in [0.25, 0.3) is 0 Å². The van der Waals surface area contributed by atoms with Crippen molar-refractivity contribution >= 4 is 5.94 Å². The summed E-state index contributed by atoms with van der Waals surface area (Å²) in [6, 6.07) is 0. The van der Waals surface area contributed by atoms with Crippen LogP contribution in [0, 0.1) is 34.5 Å². The molecule has 4 aliphatic rings. The van der Waals surface area contributed by atoms with Gasteiger partial charge in [0, 0.05) is 19.3 Å². The summed E-state index contributed by atoms with van der Waals surface area (Å²) in [6.45, 7) is 5.65. The summed E-state index contributed by atoms with van der Waals surface area (Å²) in [5.74, 6) is 4.52. The van der Waals surface area contributed by atoms with Crippen molar-refractivity contribution in [1.82, 2.24) is 0 Å². The van der Waals surface area contributed by atoms with E-state index in [1.54, 1.807) is 7.11 Å². The molecule has 3 heteroatoms. The second-order valence-electron chi connectivity index (χ2n) is 9.88. The molecule has 0 aliphatic heterocycles. The van der Waals surface area contributed by atoms with Gasteiger partial charge in [-0.15, -0.1) is 0 Å². The molecule has 4 aliphatic carbocycles. The number of hydrogen-bond acceptors (Lipinski definition) is 3. The molecule has 3 saturated carbocycles. The molecule has 0 heterocycles. The van der Waals surface area contributed by atoms with Crippen LogP contribution in [0.4, 0.5) is 0 Å². The smallest absolute Gasteiger partial charge is 0.127 e. The van der Waals surface area contributed by atoms with Crippen LogP contribution in [-0.4, -0.2) is 30.9 Å². The third-order valence-corrected chi connectivity index (χ3v) is 8.93. The number of fused-ring (bicyclic) bond motifs is 5. The SMILES string of the molecule is COCCC1CCC2C3CCC4=CC(=C=O)CCC4(C)C3C(O)CC12C. The Kier molecular flexibility index (Phi) is 4.70. The summed E-state index contributed by atoms with van der Waals surface area (Å²) in [6.07, 6.45) is 10.6. The molecule has 0 aromatic carbocycles. The summed E-state index contributed by atoms with van der Waals surface area (Å²) in [4.78, 5) is 11.1. The summed E-state index contributed by atoms with van der Waals surface area (Å²) >= 11 is 0. The Hall–Kier alpha value is -0.890. The minimum Gasteiger partial charge on any atom is -0.393 e. The quantitative estimate of drug-likeness (QED) is 0.764. The van der Waals surface area contributed by atoms with E-state index in [0.29, 0.717) is 17.8 Å². The molecule has 0 spiro atoms. The number of aliphatic hydroxyl groups is 1. The van der Waals surface area contributed by atoms with Crippen LogP contribution in [0.1, 0.15) is 65.2 Å². The third kappa shape index (κ3) is 2.58. The molecule has 0 bridgehead atoms. The molecule has 0 aromatic heterocycles. The van der Waals surface area contributed by atoms with Gasteiger partial charge in [-0.3, -0.25) is 0 Å². The number of methoxy groups -OCH3 is 1. The van der Waals surface area contributed by atoms with Gasteiger partial charge in [0.2, 0.25) is 0 Å². The maximum Gasteiger partial charge on any atom is 0.127 e. The number of rotatable bonds is 3. The lowest BCUT2D eigenvalue weighted by molar-refractivity contribution is -0.128. The lowest BCUT2D eigenvalue weighted by atomic mass is 9.46. The van der Waals surface area contributed by atoms with Crippen molar-refractivity contribution < 1.29 is 14.6 Å². The molecule has 0 amide bonds. The molecule has 0 aromatic rings. The van der Waals surface area contributed by atoms with Gasteiger partial charge in [-0.2, -0.15) is 0 Å². The van der Waals surface area contributed by atoms with Crippen molar-refractivity contribution in [3.05, 3.63) is 17.2 Å². The highest BCUT2D eigenvalue weighted by molar-refractivity contribution is 5.59. The van der Waals surface area contributed by atoms with Gasteiger partial charge in [-0.05, 0) is 91.9 Å². The van der Waals surface area contributed by atoms with Crippen molar-refractivity contribution in [1.29, 1.82) is 0 Å². The van der Waals surface area contributed by atoms with Crippen molar-refractivity contribution in [2.45, 2.75) is 71.3 Å². The number of hydrogen-bond donors (Lipinski definition) is 1. The molecular formula is C23H34O3. The third-order valence-electron chi connectivity index (χ3n) is 8.93. The second-order valence-corrected chi connectivity index (χ2v) is 9.88. The first-order valence-electron chi connectivity index (χ1n) is 10.6. The maximum atomic E-state index is 11.3. The minimum atomic E-state index is -0.222. The van der Waals surface area contributed by atoms with E-state index in [1.807, 2.05) is 0 Å². The van der Waals surface area contributed by atoms with Crippen LogP contribution in [0.2, 0.25) is 0 Å². The maximum absolute atomic E-state index is 11.3. The van der Waals surface area contributed by atoms with Gasteiger partial charge < -0.3 is 9.84 Å². The molecule has 4 rings (SSSR count). The van der Waals surface area contributed by atoms with E-state index in [1.165, 1.54) is 24.8 Å². The lowest BCUT2D eigenvalue weighted by Gasteiger charge is -2.60. The molecule has 26 heavy (non-hydrogen) atoms. The fourth-order valence-electron chi connectivity index (χ4n) is 7.63. The van der Waals surface area contributed by atoms with Crippen molar-refractivity contribution in [2.75, 3.05) is 13.7 Å². The predicted molar refractivity (Wildman–Crippen MR) is 102 cm³/mol. The van der Waals surface area contributed by atoms with Gasteiger partial charge in [0.25, 0.3) is 0 Å². The van der Waals surface area contributed by atoms with Gasteiger partial charge in [0.1, 0.15) is 5.94 Å². The van der Waals surface area contributed by atoms with Crippen molar-refractivity contribution in [2.24, 2.45) is 34.5 Å². The summed E-state index contributed by atoms with van der Waals surface area (Å²) in [5, 5.41) is 11.3. The lowest BCUT2D eigenvalue weighted by Crippen LogP contribution is -2.56. The van der Waals surface area contributed by atoms with Crippen LogP contribution in [0.5, 0.6) is 0 Å². The number of aliphatic hydroxyl groups excluding tert-OH is 1. The van der Waals surface area contributed by atoms with Gasteiger partial charge in [0.05, 0.1) is 6.10 Å². The number of allylic oxidation sites excluding steroid dienone is 3. The van der Waals surface area contributed by atoms with Gasteiger partial charge in [-0.1, -0.05) is 19.4 Å². The molecule has 0 radical (unpaired) electrons. The average molecular weight is 359 g/mol. The number of carbonyl (C=O) groups excluding carboxylic acids is 1. The topological polar surface area (TPSA) is 46.5 Å². The Labute approximate surface area is 157 Å². The van der Waals surface area contributed by atoms with E-state index in [4.69, 9.17) is 4.74 Å². The molecule has 7 atom stereocenters. The first-order chi connectivity index (χ1) is 12.4. The summed E-state index contributed by atoms with van der Waals surface area (Å²) < 4.78 is 5.37. The standard InChI is InChI=1S/C23H34O3/c1-22-10-8-15(14-24)12-17(22)4-6-18-19-7-5-16(9-11-26-3)23(19,2)13-20(25)21(18)22/h12,16,18-21,25H,4-11,13H2,1-3H3. The highest BCUT2D eigenvalue weighted by Crippen LogP contribution is 2.67. The number of ether oxygens (including phenoxy) is 1. The fraction of sp³-hybridized carbons (Fsp3) is 0.826. The Balaban J connectivity index is 1.65. The molecule has 0 saturated heterocycles. The predicted octanol–water partition coefficient (Wildman–Crippen LogP) is 4.33. The summed E-state index contributed by atoms with van der Waals surface area (Å²) in [5.41, 5.74) is 2.56. The van der Waals surface area contributed by atoms with Gasteiger partial charge in [-0.25, -0.2) is 4.79 Å². The monoisotopic (exact) mass is 358 g/mol. The first kappa shape index (κ1) is 18.5. The van der Waals surface area contributed by atoms with E-state index >= 15 is 0 Å². The first-order valence-corrected chi connectivity index (χ1v) is 10.6. The molecule has 3 fully saturated rings. The Morgan fingerprint density at radius 3 is 2.81 bits per heavy atom. The zero-order valence-corrected chi connectivity index (χ0v) is 16.6. The van der Waals surface area contributed by atoms with E-state index < -0.39 is 0 Å². The van der Waals surface area contributed by atoms with Crippen LogP contribution in [0.15, 0.2) is 17.2 Å². The van der Waals surface area contributed by atoms with E-state index in [0.717, 1.165) is 50.2 Å². The van der Waals surface area contributed by atoms with Crippen LogP contribution in [0.3, 0.4) is 0 Å². The van der Waals surface area contributed by atoms with Crippen molar-refractivity contribution in [3.8, 4) is 0 Å².